The van der Waals surface area contributed by atoms with Crippen LogP contribution in [0.5, 0.6) is 0 Å². The summed E-state index contributed by atoms with van der Waals surface area (Å²) in [5, 5.41) is 2.02. The second-order valence-corrected chi connectivity index (χ2v) is 9.32. The third-order valence-corrected chi connectivity index (χ3v) is 6.76. The molecule has 2 amide bonds. The van der Waals surface area contributed by atoms with Crippen LogP contribution in [0.15, 0.2) is 66.0 Å². The predicted octanol–water partition coefficient (Wildman–Crippen LogP) is 4.96. The molecule has 1 aliphatic rings. The summed E-state index contributed by atoms with van der Waals surface area (Å²) >= 11 is 1.62. The first kappa shape index (κ1) is 22.2. The number of carbonyl (C=O) groups is 2. The van der Waals surface area contributed by atoms with Gasteiger partial charge in [0.1, 0.15) is 12.4 Å². The monoisotopic (exact) mass is 450 g/mol. The number of carbonyl (C=O) groups excluding carboxylic acids is 2. The smallest absolute Gasteiger partial charge is 0.242 e. The average Bonchev–Trinajstić information content (AvgIpc) is 3.55. The van der Waals surface area contributed by atoms with Gasteiger partial charge in [0.15, 0.2) is 0 Å². The van der Waals surface area contributed by atoms with Crippen LogP contribution in [-0.4, -0.2) is 34.2 Å². The van der Waals surface area contributed by atoms with E-state index in [0.29, 0.717) is 19.5 Å². The molecule has 0 bridgehead atoms. The first-order chi connectivity index (χ1) is 15.5. The summed E-state index contributed by atoms with van der Waals surface area (Å²) in [4.78, 5) is 31.1. The Morgan fingerprint density at radius 2 is 1.66 bits per heavy atom. The lowest BCUT2D eigenvalue weighted by atomic mass is 10.1. The zero-order valence-corrected chi connectivity index (χ0v) is 19.0. The van der Waals surface area contributed by atoms with Crippen molar-refractivity contribution in [3.8, 4) is 0 Å². The summed E-state index contributed by atoms with van der Waals surface area (Å²) in [6.07, 6.45) is 2.18. The molecule has 1 aromatic heterocycles. The van der Waals surface area contributed by atoms with E-state index in [0.717, 1.165) is 34.4 Å². The summed E-state index contributed by atoms with van der Waals surface area (Å²) < 4.78 is 13.4. The number of aryl methyl sites for hydroxylation is 1. The molecule has 32 heavy (non-hydrogen) atoms. The SMILES string of the molecule is Cc1ccsc1CN(Cc1ccc(F)cc1)C(=O)CN(C(=O)Cc1ccccc1)C1CC1. The van der Waals surface area contributed by atoms with Crippen molar-refractivity contribution in [2.45, 2.75) is 45.3 Å². The van der Waals surface area contributed by atoms with Crippen molar-refractivity contribution in [3.05, 3.63) is 93.4 Å². The van der Waals surface area contributed by atoms with E-state index in [1.54, 1.807) is 33.3 Å². The van der Waals surface area contributed by atoms with Gasteiger partial charge in [-0.3, -0.25) is 9.59 Å². The second-order valence-electron chi connectivity index (χ2n) is 8.32. The molecule has 2 aromatic carbocycles. The average molecular weight is 451 g/mol. The van der Waals surface area contributed by atoms with Crippen LogP contribution in [0.4, 0.5) is 4.39 Å². The van der Waals surface area contributed by atoms with E-state index < -0.39 is 0 Å². The number of benzene rings is 2. The van der Waals surface area contributed by atoms with Gasteiger partial charge in [-0.25, -0.2) is 4.39 Å². The van der Waals surface area contributed by atoms with Crippen LogP contribution in [0.3, 0.4) is 0 Å². The minimum Gasteiger partial charge on any atom is -0.332 e. The lowest BCUT2D eigenvalue weighted by Crippen LogP contribution is -2.44. The summed E-state index contributed by atoms with van der Waals surface area (Å²) in [5.74, 6) is -0.399. The third kappa shape index (κ3) is 5.82. The lowest BCUT2D eigenvalue weighted by Gasteiger charge is -2.28. The van der Waals surface area contributed by atoms with E-state index in [1.807, 2.05) is 48.7 Å². The number of nitrogens with zero attached hydrogens (tertiary/aromatic N) is 2. The molecule has 3 aromatic rings. The largest absolute Gasteiger partial charge is 0.332 e. The zero-order chi connectivity index (χ0) is 22.5. The summed E-state index contributed by atoms with van der Waals surface area (Å²) in [5.41, 5.74) is 2.96. The number of rotatable bonds is 9. The van der Waals surface area contributed by atoms with E-state index >= 15 is 0 Å². The van der Waals surface area contributed by atoms with Crippen molar-refractivity contribution >= 4 is 23.2 Å². The first-order valence-electron chi connectivity index (χ1n) is 10.9. The van der Waals surface area contributed by atoms with Crippen LogP contribution in [0.25, 0.3) is 0 Å². The highest BCUT2D eigenvalue weighted by atomic mass is 32.1. The number of amides is 2. The molecule has 0 N–H and O–H groups in total. The Balaban J connectivity index is 1.49. The van der Waals surface area contributed by atoms with Crippen LogP contribution in [0.2, 0.25) is 0 Å². The molecule has 1 aliphatic carbocycles. The van der Waals surface area contributed by atoms with Gasteiger partial charge >= 0.3 is 0 Å². The molecule has 0 aliphatic heterocycles. The predicted molar refractivity (Wildman–Crippen MR) is 125 cm³/mol. The Labute approximate surface area is 192 Å². The number of thiophene rings is 1. The van der Waals surface area contributed by atoms with Gasteiger partial charge in [0, 0.05) is 17.5 Å². The molecule has 1 fully saturated rings. The highest BCUT2D eigenvalue weighted by Gasteiger charge is 2.34. The molecule has 4 rings (SSSR count). The Morgan fingerprint density at radius 3 is 2.28 bits per heavy atom. The van der Waals surface area contributed by atoms with E-state index in [-0.39, 0.29) is 30.2 Å². The molecule has 1 saturated carbocycles. The molecular formula is C26H27FN2O2S. The zero-order valence-electron chi connectivity index (χ0n) is 18.2. The van der Waals surface area contributed by atoms with Gasteiger partial charge < -0.3 is 9.80 Å². The van der Waals surface area contributed by atoms with Gasteiger partial charge in [0.2, 0.25) is 11.8 Å². The minimum atomic E-state index is -0.299. The van der Waals surface area contributed by atoms with Crippen LogP contribution in [-0.2, 0) is 29.1 Å². The molecule has 0 saturated heterocycles. The van der Waals surface area contributed by atoms with E-state index in [2.05, 4.69) is 0 Å². The maximum atomic E-state index is 13.4. The number of hydrogen-bond acceptors (Lipinski definition) is 3. The Hall–Kier alpha value is -2.99. The minimum absolute atomic E-state index is 0.0129. The standard InChI is InChI=1S/C26H27FN2O2S/c1-19-13-14-32-24(19)17-28(16-21-7-9-22(27)10-8-21)26(31)18-29(23-11-12-23)25(30)15-20-5-3-2-4-6-20/h2-10,13-14,23H,11-12,15-18H2,1H3. The fourth-order valence-corrected chi connectivity index (χ4v) is 4.63. The molecule has 6 heteroatoms. The second kappa shape index (κ2) is 10.1. The van der Waals surface area contributed by atoms with Crippen molar-refractivity contribution in [2.24, 2.45) is 0 Å². The highest BCUT2D eigenvalue weighted by molar-refractivity contribution is 7.10. The van der Waals surface area contributed by atoms with Gasteiger partial charge in [-0.05, 0) is 60.0 Å². The molecule has 0 unspecified atom stereocenters. The van der Waals surface area contributed by atoms with Gasteiger partial charge in [0.25, 0.3) is 0 Å². The van der Waals surface area contributed by atoms with Crippen molar-refractivity contribution < 1.29 is 14.0 Å². The van der Waals surface area contributed by atoms with Crippen LogP contribution in [0, 0.1) is 12.7 Å². The molecule has 166 valence electrons. The Morgan fingerprint density at radius 1 is 0.938 bits per heavy atom. The molecule has 0 atom stereocenters. The summed E-state index contributed by atoms with van der Waals surface area (Å²) in [7, 11) is 0. The first-order valence-corrected chi connectivity index (χ1v) is 11.8. The van der Waals surface area contributed by atoms with Crippen LogP contribution < -0.4 is 0 Å². The van der Waals surface area contributed by atoms with Gasteiger partial charge in [-0.15, -0.1) is 11.3 Å². The van der Waals surface area contributed by atoms with E-state index in [1.165, 1.54) is 12.1 Å². The Bertz CT molecular complexity index is 1060. The number of hydrogen-bond donors (Lipinski definition) is 0. The molecule has 4 nitrogen and oxygen atoms in total. The highest BCUT2D eigenvalue weighted by Crippen LogP contribution is 2.28. The van der Waals surface area contributed by atoms with Crippen molar-refractivity contribution in [1.29, 1.82) is 0 Å². The van der Waals surface area contributed by atoms with Gasteiger partial charge in [-0.2, -0.15) is 0 Å². The third-order valence-electron chi connectivity index (χ3n) is 5.75. The quantitative estimate of drug-likeness (QED) is 0.462. The molecule has 1 heterocycles. The van der Waals surface area contributed by atoms with Crippen molar-refractivity contribution in [2.75, 3.05) is 6.54 Å². The maximum Gasteiger partial charge on any atom is 0.242 e. The maximum absolute atomic E-state index is 13.4. The number of halogens is 1. The van der Waals surface area contributed by atoms with Crippen LogP contribution in [0.1, 0.15) is 34.4 Å². The normalized spacial score (nSPS) is 13.1. The van der Waals surface area contributed by atoms with Crippen molar-refractivity contribution in [1.82, 2.24) is 9.80 Å². The summed E-state index contributed by atoms with van der Waals surface area (Å²) in [6.45, 7) is 2.96. The van der Waals surface area contributed by atoms with Crippen molar-refractivity contribution in [3.63, 3.8) is 0 Å². The molecular weight excluding hydrogens is 423 g/mol. The van der Waals surface area contributed by atoms with Crippen LogP contribution >= 0.6 is 11.3 Å². The van der Waals surface area contributed by atoms with E-state index in [4.69, 9.17) is 0 Å². The molecule has 0 radical (unpaired) electrons. The Kier molecular flexibility index (Phi) is 7.00. The molecule has 0 spiro atoms. The fraction of sp³-hybridized carbons (Fsp3) is 0.308. The van der Waals surface area contributed by atoms with Gasteiger partial charge in [-0.1, -0.05) is 42.5 Å². The van der Waals surface area contributed by atoms with E-state index in [9.17, 15) is 14.0 Å². The lowest BCUT2D eigenvalue weighted by molar-refractivity contribution is -0.141. The van der Waals surface area contributed by atoms with Gasteiger partial charge in [0.05, 0.1) is 13.0 Å². The fourth-order valence-electron chi connectivity index (χ4n) is 3.71. The topological polar surface area (TPSA) is 40.6 Å². The summed E-state index contributed by atoms with van der Waals surface area (Å²) in [6, 6.07) is 18.1.